The monoisotopic (exact) mass is 252 g/mol. The van der Waals surface area contributed by atoms with Gasteiger partial charge in [-0.25, -0.2) is 0 Å². The van der Waals surface area contributed by atoms with Crippen molar-refractivity contribution in [3.8, 4) is 0 Å². The molecule has 0 spiro atoms. The average Bonchev–Trinajstić information content (AvgIpc) is 2.51. The van der Waals surface area contributed by atoms with Crippen LogP contribution in [0, 0.1) is 0 Å². The zero-order valence-corrected chi connectivity index (χ0v) is 13.0. The van der Waals surface area contributed by atoms with Gasteiger partial charge >= 0.3 is 7.12 Å². The van der Waals surface area contributed by atoms with E-state index < -0.39 is 0 Å². The van der Waals surface area contributed by atoms with Crippen LogP contribution in [0.5, 0.6) is 0 Å². The van der Waals surface area contributed by atoms with Crippen molar-refractivity contribution in [2.24, 2.45) is 0 Å². The second-order valence-corrected chi connectivity index (χ2v) is 6.32. The first kappa shape index (κ1) is 15.8. The Balaban J connectivity index is 0.000000492. The molecule has 0 amide bonds. The summed E-state index contributed by atoms with van der Waals surface area (Å²) < 4.78 is 12.0. The Kier molecular flexibility index (Phi) is 5.48. The highest BCUT2D eigenvalue weighted by Crippen LogP contribution is 2.39. The van der Waals surface area contributed by atoms with Gasteiger partial charge in [-0.15, -0.1) is 0 Å². The van der Waals surface area contributed by atoms with E-state index in [0.717, 1.165) is 6.42 Å². The van der Waals surface area contributed by atoms with Gasteiger partial charge < -0.3 is 9.31 Å². The summed E-state index contributed by atoms with van der Waals surface area (Å²) in [5.74, 6) is 0. The van der Waals surface area contributed by atoms with E-state index in [9.17, 15) is 0 Å². The molecule has 2 rings (SSSR count). The van der Waals surface area contributed by atoms with Crippen molar-refractivity contribution in [1.29, 1.82) is 0 Å². The van der Waals surface area contributed by atoms with E-state index >= 15 is 0 Å². The van der Waals surface area contributed by atoms with E-state index in [1.54, 1.807) is 0 Å². The minimum atomic E-state index is -0.198. The molecule has 1 aliphatic heterocycles. The van der Waals surface area contributed by atoms with Crippen LogP contribution in [0.4, 0.5) is 0 Å². The molecule has 1 aliphatic carbocycles. The molecule has 1 saturated heterocycles. The smallest absolute Gasteiger partial charge is 0.400 e. The molecule has 0 atom stereocenters. The van der Waals surface area contributed by atoms with Crippen molar-refractivity contribution >= 4 is 7.12 Å². The summed E-state index contributed by atoms with van der Waals surface area (Å²) in [4.78, 5) is 0. The average molecular weight is 252 g/mol. The van der Waals surface area contributed by atoms with Gasteiger partial charge in [0.1, 0.15) is 0 Å². The maximum absolute atomic E-state index is 6.01. The van der Waals surface area contributed by atoms with Crippen LogP contribution in [-0.2, 0) is 9.31 Å². The quantitative estimate of drug-likeness (QED) is 0.638. The number of hydrogen-bond donors (Lipinski definition) is 0. The Bertz CT molecular complexity index is 279. The highest BCUT2D eigenvalue weighted by atomic mass is 16.7. The summed E-state index contributed by atoms with van der Waals surface area (Å²) in [6.45, 7) is 12.7. The van der Waals surface area contributed by atoms with E-state index in [2.05, 4.69) is 47.6 Å². The lowest BCUT2D eigenvalue weighted by atomic mass is 9.73. The summed E-state index contributed by atoms with van der Waals surface area (Å²) in [6, 6.07) is 0. The minimum Gasteiger partial charge on any atom is -0.400 e. The largest absolute Gasteiger partial charge is 0.490 e. The van der Waals surface area contributed by atoms with Crippen LogP contribution in [-0.4, -0.2) is 18.3 Å². The molecule has 2 aliphatic rings. The molecule has 1 fully saturated rings. The lowest BCUT2D eigenvalue weighted by Crippen LogP contribution is -2.41. The summed E-state index contributed by atoms with van der Waals surface area (Å²) in [7, 11) is -0.102. The number of rotatable bonds is 1. The van der Waals surface area contributed by atoms with E-state index in [0.29, 0.717) is 0 Å². The summed E-state index contributed by atoms with van der Waals surface area (Å²) in [5, 5.41) is 0. The predicted octanol–water partition coefficient (Wildman–Crippen LogP) is 4.53. The van der Waals surface area contributed by atoms with Gasteiger partial charge in [-0.05, 0) is 58.9 Å². The molecule has 0 saturated carbocycles. The van der Waals surface area contributed by atoms with Crippen molar-refractivity contribution < 1.29 is 9.31 Å². The van der Waals surface area contributed by atoms with Crippen LogP contribution in [0.2, 0.25) is 0 Å². The fourth-order valence-electron chi connectivity index (χ4n) is 2.07. The van der Waals surface area contributed by atoms with Crippen LogP contribution in [0.1, 0.15) is 73.6 Å². The summed E-state index contributed by atoms with van der Waals surface area (Å²) >= 11 is 0. The molecule has 0 aromatic rings. The minimum absolute atomic E-state index is 0.102. The first-order chi connectivity index (χ1) is 8.34. The van der Waals surface area contributed by atoms with Gasteiger partial charge in [0, 0.05) is 0 Å². The lowest BCUT2D eigenvalue weighted by molar-refractivity contribution is 0.00578. The fourth-order valence-corrected chi connectivity index (χ4v) is 2.07. The number of allylic oxidation sites excluding steroid dienone is 2. The SMILES string of the molecule is CC1(C)OB(C2=CCCCC2)OC1(C)C.CCC. The molecule has 0 unspecified atom stereocenters. The lowest BCUT2D eigenvalue weighted by Gasteiger charge is -2.32. The third-order valence-electron chi connectivity index (χ3n) is 3.88. The van der Waals surface area contributed by atoms with Crippen LogP contribution >= 0.6 is 0 Å². The van der Waals surface area contributed by atoms with Gasteiger partial charge in [0.2, 0.25) is 0 Å². The molecule has 2 nitrogen and oxygen atoms in total. The third-order valence-corrected chi connectivity index (χ3v) is 3.88. The highest BCUT2D eigenvalue weighted by molar-refractivity contribution is 6.54. The Morgan fingerprint density at radius 2 is 1.56 bits per heavy atom. The molecule has 1 heterocycles. The van der Waals surface area contributed by atoms with E-state index in [4.69, 9.17) is 9.31 Å². The topological polar surface area (TPSA) is 18.5 Å². The van der Waals surface area contributed by atoms with Gasteiger partial charge in [-0.2, -0.15) is 0 Å². The molecule has 0 aromatic heterocycles. The standard InChI is InChI=1S/C12H21BO2.C3H8/c1-11(2)12(3,4)15-13(14-11)10-8-6-5-7-9-10;1-3-2/h8H,5-7,9H2,1-4H3;3H2,1-2H3. The molecule has 3 heteroatoms. The Hall–Kier alpha value is -0.275. The van der Waals surface area contributed by atoms with Crippen molar-refractivity contribution in [3.63, 3.8) is 0 Å². The predicted molar refractivity (Wildman–Crippen MR) is 78.6 cm³/mol. The maximum Gasteiger partial charge on any atom is 0.490 e. The van der Waals surface area contributed by atoms with Crippen LogP contribution in [0.15, 0.2) is 11.5 Å². The summed E-state index contributed by atoms with van der Waals surface area (Å²) in [5.41, 5.74) is 0.950. The van der Waals surface area contributed by atoms with Crippen LogP contribution in [0.25, 0.3) is 0 Å². The van der Waals surface area contributed by atoms with Crippen molar-refractivity contribution in [2.45, 2.75) is 84.8 Å². The Morgan fingerprint density at radius 1 is 1.06 bits per heavy atom. The van der Waals surface area contributed by atoms with E-state index in [1.165, 1.54) is 31.2 Å². The van der Waals surface area contributed by atoms with Gasteiger partial charge in [0.15, 0.2) is 0 Å². The number of hydrogen-bond acceptors (Lipinski definition) is 2. The maximum atomic E-state index is 6.01. The van der Waals surface area contributed by atoms with E-state index in [1.807, 2.05) is 0 Å². The third kappa shape index (κ3) is 3.61. The zero-order chi connectivity index (χ0) is 13.8. The van der Waals surface area contributed by atoms with Crippen LogP contribution in [0.3, 0.4) is 0 Å². The molecule has 0 N–H and O–H groups in total. The second-order valence-electron chi connectivity index (χ2n) is 6.32. The molecule has 0 bridgehead atoms. The molecule has 18 heavy (non-hydrogen) atoms. The van der Waals surface area contributed by atoms with Crippen molar-refractivity contribution in [1.82, 2.24) is 0 Å². The van der Waals surface area contributed by atoms with Gasteiger partial charge in [0.25, 0.3) is 0 Å². The summed E-state index contributed by atoms with van der Waals surface area (Å²) in [6.07, 6.45) is 8.45. The van der Waals surface area contributed by atoms with Gasteiger partial charge in [-0.3, -0.25) is 0 Å². The highest BCUT2D eigenvalue weighted by Gasteiger charge is 2.52. The van der Waals surface area contributed by atoms with Crippen molar-refractivity contribution in [3.05, 3.63) is 11.5 Å². The molecular weight excluding hydrogens is 223 g/mol. The molecule has 0 radical (unpaired) electrons. The van der Waals surface area contributed by atoms with Crippen LogP contribution < -0.4 is 0 Å². The molecular formula is C15H29BO2. The van der Waals surface area contributed by atoms with E-state index in [-0.39, 0.29) is 18.3 Å². The first-order valence-corrected chi connectivity index (χ1v) is 7.38. The Labute approximate surface area is 113 Å². The zero-order valence-electron chi connectivity index (χ0n) is 13.0. The van der Waals surface area contributed by atoms with Gasteiger partial charge in [0.05, 0.1) is 11.2 Å². The molecule has 104 valence electrons. The normalized spacial score (nSPS) is 25.2. The Morgan fingerprint density at radius 3 is 1.94 bits per heavy atom. The van der Waals surface area contributed by atoms with Gasteiger partial charge in [-0.1, -0.05) is 26.3 Å². The second kappa shape index (κ2) is 6.25. The fraction of sp³-hybridized carbons (Fsp3) is 0.867. The first-order valence-electron chi connectivity index (χ1n) is 7.38. The molecule has 0 aromatic carbocycles. The van der Waals surface area contributed by atoms with Crippen molar-refractivity contribution in [2.75, 3.05) is 0 Å².